The summed E-state index contributed by atoms with van der Waals surface area (Å²) in [5, 5.41) is 0. The van der Waals surface area contributed by atoms with Gasteiger partial charge in [-0.15, -0.1) is 5.73 Å². The molecular formula is C46H42N2. The van der Waals surface area contributed by atoms with E-state index < -0.39 is 0 Å². The Morgan fingerprint density at radius 2 is 1.35 bits per heavy atom. The van der Waals surface area contributed by atoms with Gasteiger partial charge in [0.1, 0.15) is 0 Å². The topological polar surface area (TPSA) is 6.48 Å². The molecule has 236 valence electrons. The van der Waals surface area contributed by atoms with Crippen LogP contribution < -0.4 is 9.80 Å². The van der Waals surface area contributed by atoms with Gasteiger partial charge in [-0.25, -0.2) is 0 Å². The van der Waals surface area contributed by atoms with Crippen molar-refractivity contribution in [3.63, 3.8) is 0 Å². The van der Waals surface area contributed by atoms with Gasteiger partial charge in [0.05, 0.1) is 11.4 Å². The molecule has 4 aromatic rings. The average Bonchev–Trinajstić information content (AvgIpc) is 3.09. The Hall–Kier alpha value is -5.78. The fourth-order valence-electron chi connectivity index (χ4n) is 6.42. The van der Waals surface area contributed by atoms with Crippen molar-refractivity contribution in [2.75, 3.05) is 9.80 Å². The summed E-state index contributed by atoms with van der Waals surface area (Å²) in [4.78, 5) is 4.80. The highest BCUT2D eigenvalue weighted by Gasteiger charge is 2.28. The van der Waals surface area contributed by atoms with Crippen LogP contribution in [0.4, 0.5) is 22.7 Å². The minimum atomic E-state index is 0.711. The van der Waals surface area contributed by atoms with Crippen LogP contribution in [0.5, 0.6) is 0 Å². The summed E-state index contributed by atoms with van der Waals surface area (Å²) in [5.41, 5.74) is 21.3. The van der Waals surface area contributed by atoms with Crippen molar-refractivity contribution in [1.82, 2.24) is 0 Å². The van der Waals surface area contributed by atoms with E-state index >= 15 is 0 Å². The third-order valence-electron chi connectivity index (χ3n) is 8.61. The Labute approximate surface area is 286 Å². The molecule has 0 bridgehead atoms. The first-order valence-electron chi connectivity index (χ1n) is 16.7. The molecule has 0 atom stereocenters. The number of rotatable bonds is 9. The van der Waals surface area contributed by atoms with E-state index in [-0.39, 0.29) is 0 Å². The first-order chi connectivity index (χ1) is 23.6. The fraction of sp³-hybridized carbons (Fsp3) is 0.130. The lowest BCUT2D eigenvalue weighted by Crippen LogP contribution is -2.23. The van der Waals surface area contributed by atoms with Crippen LogP contribution in [0.15, 0.2) is 203 Å². The predicted octanol–water partition coefficient (Wildman–Crippen LogP) is 12.5. The normalized spacial score (nSPS) is 17.5. The van der Waals surface area contributed by atoms with Gasteiger partial charge in [0.25, 0.3) is 0 Å². The minimum Gasteiger partial charge on any atom is -0.309 e. The molecule has 0 aliphatic heterocycles. The van der Waals surface area contributed by atoms with Gasteiger partial charge in [-0.2, -0.15) is 0 Å². The van der Waals surface area contributed by atoms with Crippen LogP contribution in [-0.2, 0) is 0 Å². The van der Waals surface area contributed by atoms with Crippen LogP contribution in [0.1, 0.15) is 37.3 Å². The van der Waals surface area contributed by atoms with Gasteiger partial charge in [0.15, 0.2) is 0 Å². The molecule has 48 heavy (non-hydrogen) atoms. The van der Waals surface area contributed by atoms with Gasteiger partial charge >= 0.3 is 0 Å². The van der Waals surface area contributed by atoms with Crippen molar-refractivity contribution in [3.05, 3.63) is 215 Å². The highest BCUT2D eigenvalue weighted by molar-refractivity contribution is 5.77. The smallest absolute Gasteiger partial charge is 0.0699 e. The molecule has 0 spiro atoms. The summed E-state index contributed by atoms with van der Waals surface area (Å²) in [5.74, 6) is 0. The second-order valence-corrected chi connectivity index (χ2v) is 12.1. The highest BCUT2D eigenvalue weighted by Crippen LogP contribution is 2.43. The van der Waals surface area contributed by atoms with Gasteiger partial charge in [-0.1, -0.05) is 110 Å². The van der Waals surface area contributed by atoms with Crippen molar-refractivity contribution in [3.8, 4) is 0 Å². The molecular weight excluding hydrogens is 581 g/mol. The van der Waals surface area contributed by atoms with Gasteiger partial charge in [-0.3, -0.25) is 0 Å². The average molecular weight is 623 g/mol. The fourth-order valence-corrected chi connectivity index (χ4v) is 6.42. The second-order valence-electron chi connectivity index (χ2n) is 12.1. The van der Waals surface area contributed by atoms with Crippen LogP contribution in [-0.4, -0.2) is 0 Å². The molecule has 0 amide bonds. The van der Waals surface area contributed by atoms with Crippen molar-refractivity contribution >= 4 is 22.7 Å². The molecule has 2 aliphatic carbocycles. The summed E-state index contributed by atoms with van der Waals surface area (Å²) in [7, 11) is 0. The molecule has 0 radical (unpaired) electrons. The molecule has 2 aliphatic rings. The molecule has 2 heteroatoms. The molecule has 0 aromatic heterocycles. The van der Waals surface area contributed by atoms with Crippen LogP contribution in [0.25, 0.3) is 0 Å². The molecule has 0 heterocycles. The van der Waals surface area contributed by atoms with E-state index in [9.17, 15) is 0 Å². The quantitative estimate of drug-likeness (QED) is 0.135. The Kier molecular flexibility index (Phi) is 10.2. The molecule has 0 saturated carbocycles. The number of aryl methyl sites for hydroxylation is 2. The summed E-state index contributed by atoms with van der Waals surface area (Å²) in [6.45, 7) is 10.6. The van der Waals surface area contributed by atoms with Crippen LogP contribution in [0.3, 0.4) is 0 Å². The number of benzene rings is 4. The molecule has 4 aromatic carbocycles. The Morgan fingerprint density at radius 3 is 1.96 bits per heavy atom. The van der Waals surface area contributed by atoms with Gasteiger partial charge in [0.2, 0.25) is 0 Å². The van der Waals surface area contributed by atoms with E-state index in [4.69, 9.17) is 0 Å². The van der Waals surface area contributed by atoms with Crippen LogP contribution in [0, 0.1) is 13.8 Å². The third kappa shape index (κ3) is 7.12. The lowest BCUT2D eigenvalue weighted by Gasteiger charge is -2.34. The summed E-state index contributed by atoms with van der Waals surface area (Å²) < 4.78 is 0. The lowest BCUT2D eigenvalue weighted by atomic mass is 9.87. The highest BCUT2D eigenvalue weighted by atomic mass is 15.2. The molecule has 0 unspecified atom stereocenters. The summed E-state index contributed by atoms with van der Waals surface area (Å²) in [6, 6.07) is 38.9. The van der Waals surface area contributed by atoms with Gasteiger partial charge in [0, 0.05) is 40.3 Å². The van der Waals surface area contributed by atoms with Crippen LogP contribution >= 0.6 is 0 Å². The van der Waals surface area contributed by atoms with E-state index in [1.54, 1.807) is 0 Å². The standard InChI is InChI=1S/C46H42N2/c1-5-7-29-44-37(6-2)33-43(47(39-23-13-10-14-24-39)41-27-18-20-35(3)31-41)34-38-22-12-8-9-17-30-45(38)46(44)48(40-25-15-11-16-26-40)42-28-19-21-36(4)32-42/h5,7,9-21,23-32H,1,6,22,34H2,2-4H3/b29-7-,30-17?,45-38-,46-44+. The number of hydrogen-bond acceptors (Lipinski definition) is 2. The molecule has 0 saturated heterocycles. The first-order valence-corrected chi connectivity index (χ1v) is 16.7. The largest absolute Gasteiger partial charge is 0.309 e. The van der Waals surface area contributed by atoms with E-state index in [0.29, 0.717) is 6.42 Å². The number of para-hydroxylation sites is 2. The second kappa shape index (κ2) is 15.2. The van der Waals surface area contributed by atoms with E-state index in [1.807, 2.05) is 12.2 Å². The van der Waals surface area contributed by atoms with E-state index in [0.717, 1.165) is 58.1 Å². The summed E-state index contributed by atoms with van der Waals surface area (Å²) >= 11 is 0. The molecule has 0 fully saturated rings. The molecule has 0 N–H and O–H groups in total. The van der Waals surface area contributed by atoms with Crippen molar-refractivity contribution in [2.45, 2.75) is 40.0 Å². The maximum Gasteiger partial charge on any atom is 0.0699 e. The first kappa shape index (κ1) is 32.2. The monoisotopic (exact) mass is 622 g/mol. The van der Waals surface area contributed by atoms with Gasteiger partial charge < -0.3 is 9.80 Å². The lowest BCUT2D eigenvalue weighted by molar-refractivity contribution is 0.953. The Balaban J connectivity index is 1.76. The third-order valence-corrected chi connectivity index (χ3v) is 8.61. The SMILES string of the molecule is C=C\C=C/C1=C(N(c2ccccc2)c2cccc(C)c2)/C2=C(/CC=C=CC=C2)CC(N(c2ccccc2)c2cccc(C)c2)=C=C1CC. The number of anilines is 4. The van der Waals surface area contributed by atoms with Crippen molar-refractivity contribution in [1.29, 1.82) is 0 Å². The zero-order valence-electron chi connectivity index (χ0n) is 28.2. The maximum atomic E-state index is 4.06. The van der Waals surface area contributed by atoms with Crippen LogP contribution in [0.2, 0.25) is 0 Å². The van der Waals surface area contributed by atoms with E-state index in [2.05, 4.69) is 188 Å². The zero-order valence-corrected chi connectivity index (χ0v) is 28.2. The Morgan fingerprint density at radius 1 is 0.750 bits per heavy atom. The number of allylic oxidation sites excluding steroid dienone is 8. The molecule has 6 rings (SSSR count). The maximum absolute atomic E-state index is 4.06. The predicted molar refractivity (Wildman–Crippen MR) is 205 cm³/mol. The van der Waals surface area contributed by atoms with Crippen molar-refractivity contribution in [2.24, 2.45) is 0 Å². The molecule has 2 nitrogen and oxygen atoms in total. The number of nitrogens with zero attached hydrogens (tertiary/aromatic N) is 2. The zero-order chi connectivity index (χ0) is 33.3. The van der Waals surface area contributed by atoms with Crippen molar-refractivity contribution < 1.29 is 0 Å². The minimum absolute atomic E-state index is 0.711. The van der Waals surface area contributed by atoms with E-state index in [1.165, 1.54) is 22.3 Å². The number of hydrogen-bond donors (Lipinski definition) is 0. The van der Waals surface area contributed by atoms with Gasteiger partial charge in [-0.05, 0) is 110 Å². The Bertz CT molecular complexity index is 2050. The summed E-state index contributed by atoms with van der Waals surface area (Å²) in [6.07, 6.45) is 16.9.